The van der Waals surface area contributed by atoms with E-state index in [2.05, 4.69) is 5.32 Å². The molecule has 1 fully saturated rings. The highest BCUT2D eigenvalue weighted by molar-refractivity contribution is 8.00. The molecule has 0 spiro atoms. The van der Waals surface area contributed by atoms with Gasteiger partial charge in [-0.25, -0.2) is 4.79 Å². The van der Waals surface area contributed by atoms with Crippen LogP contribution in [-0.4, -0.2) is 63.3 Å². The van der Waals surface area contributed by atoms with Crippen molar-refractivity contribution in [2.75, 3.05) is 18.1 Å². The van der Waals surface area contributed by atoms with Crippen LogP contribution in [0.5, 0.6) is 0 Å². The summed E-state index contributed by atoms with van der Waals surface area (Å²) in [5.41, 5.74) is 0.136. The van der Waals surface area contributed by atoms with Crippen LogP contribution in [0.2, 0.25) is 0 Å². The molecule has 0 aliphatic carbocycles. The van der Waals surface area contributed by atoms with Crippen LogP contribution in [-0.2, 0) is 23.9 Å². The molecule has 0 aromatic carbocycles. The number of amides is 2. The molecule has 12 heteroatoms. The Morgan fingerprint density at radius 2 is 2.10 bits per heavy atom. The molecular weight excluding hydrogens is 422 g/mol. The molecule has 2 amide bonds. The van der Waals surface area contributed by atoms with Gasteiger partial charge in [0.05, 0.1) is 5.75 Å². The number of aromatic nitrogens is 1. The number of aliphatic carboxylic acids is 1. The summed E-state index contributed by atoms with van der Waals surface area (Å²) in [5, 5.41) is 22.6. The number of pyridine rings is 1. The van der Waals surface area contributed by atoms with Crippen molar-refractivity contribution in [2.24, 2.45) is 0 Å². The minimum Gasteiger partial charge on any atom is -0.619 e. The molecule has 2 N–H and O–H groups in total. The molecule has 2 atom stereocenters. The Kier molecular flexibility index (Phi) is 6.33. The number of thioether (sulfide) groups is 2. The number of β-lactam (4-membered cyclic amide) rings is 1. The van der Waals surface area contributed by atoms with Crippen LogP contribution >= 0.6 is 23.5 Å². The zero-order chi connectivity index (χ0) is 21.1. The van der Waals surface area contributed by atoms with Crippen LogP contribution < -0.4 is 10.0 Å². The molecule has 3 rings (SSSR count). The van der Waals surface area contributed by atoms with Gasteiger partial charge in [-0.05, 0) is 0 Å². The maximum Gasteiger partial charge on any atom is 0.352 e. The van der Waals surface area contributed by atoms with Crippen molar-refractivity contribution in [1.82, 2.24) is 10.2 Å². The number of hydrogen-bond donors (Lipinski definition) is 2. The van der Waals surface area contributed by atoms with Gasteiger partial charge in [0, 0.05) is 35.3 Å². The summed E-state index contributed by atoms with van der Waals surface area (Å²) in [5.74, 6) is -2.42. The van der Waals surface area contributed by atoms with Crippen molar-refractivity contribution in [1.29, 1.82) is 0 Å². The minimum absolute atomic E-state index is 0.0450. The van der Waals surface area contributed by atoms with Crippen LogP contribution in [0, 0.1) is 5.21 Å². The average molecular weight is 439 g/mol. The Balaban J connectivity index is 1.61. The molecule has 2 aliphatic heterocycles. The smallest absolute Gasteiger partial charge is 0.352 e. The molecule has 0 bridgehead atoms. The molecule has 1 aromatic heterocycles. The van der Waals surface area contributed by atoms with Gasteiger partial charge in [0.1, 0.15) is 23.7 Å². The largest absolute Gasteiger partial charge is 0.619 e. The number of fused-ring (bicyclic) bond motifs is 1. The van der Waals surface area contributed by atoms with Gasteiger partial charge in [0.25, 0.3) is 5.91 Å². The van der Waals surface area contributed by atoms with Crippen LogP contribution in [0.4, 0.5) is 0 Å². The van der Waals surface area contributed by atoms with Crippen molar-refractivity contribution in [2.45, 2.75) is 23.2 Å². The average Bonchev–Trinajstić information content (AvgIpc) is 2.69. The molecule has 1 saturated heterocycles. The van der Waals surface area contributed by atoms with E-state index in [9.17, 15) is 29.5 Å². The van der Waals surface area contributed by atoms with E-state index in [0.29, 0.717) is 10.3 Å². The molecule has 0 unspecified atom stereocenters. The zero-order valence-electron chi connectivity index (χ0n) is 15.2. The predicted molar refractivity (Wildman–Crippen MR) is 102 cm³/mol. The topological polar surface area (TPSA) is 140 Å². The van der Waals surface area contributed by atoms with Gasteiger partial charge < -0.3 is 20.4 Å². The second-order valence-electron chi connectivity index (χ2n) is 6.17. The quantitative estimate of drug-likeness (QED) is 0.193. The summed E-state index contributed by atoms with van der Waals surface area (Å²) in [7, 11) is 0. The van der Waals surface area contributed by atoms with E-state index in [1.165, 1.54) is 42.8 Å². The van der Waals surface area contributed by atoms with Crippen molar-refractivity contribution >= 4 is 47.3 Å². The summed E-state index contributed by atoms with van der Waals surface area (Å²) < 4.78 is 5.51. The number of carboxylic acid groups (broad SMARTS) is 1. The molecule has 0 saturated carbocycles. The third-order valence-electron chi connectivity index (χ3n) is 4.16. The fraction of sp³-hybridized carbons (Fsp3) is 0.353. The highest BCUT2D eigenvalue weighted by Crippen LogP contribution is 2.40. The van der Waals surface area contributed by atoms with E-state index in [4.69, 9.17) is 4.74 Å². The lowest BCUT2D eigenvalue weighted by Gasteiger charge is -2.49. The number of carbonyl (C=O) groups is 4. The minimum atomic E-state index is -1.29. The maximum atomic E-state index is 12.5. The molecule has 3 heterocycles. The number of nitrogens with one attached hydrogen (secondary N) is 1. The Hall–Kier alpha value is -2.73. The molecule has 2 aliphatic rings. The predicted octanol–water partition coefficient (Wildman–Crippen LogP) is -0.286. The normalized spacial score (nSPS) is 20.6. The lowest BCUT2D eigenvalue weighted by Crippen LogP contribution is -2.70. The molecule has 10 nitrogen and oxygen atoms in total. The van der Waals surface area contributed by atoms with E-state index in [-0.39, 0.29) is 29.7 Å². The summed E-state index contributed by atoms with van der Waals surface area (Å²) in [6.07, 6.45) is 2.64. The van der Waals surface area contributed by atoms with Crippen molar-refractivity contribution in [3.63, 3.8) is 0 Å². The number of esters is 1. The summed E-state index contributed by atoms with van der Waals surface area (Å²) >= 11 is 2.51. The van der Waals surface area contributed by atoms with Gasteiger partial charge >= 0.3 is 11.9 Å². The van der Waals surface area contributed by atoms with Crippen LogP contribution in [0.3, 0.4) is 0 Å². The SMILES string of the molecule is CC(=O)OCC1=C(C(=O)O)N2C(=O)[C@@H](NC(=O)CSc3cc[n+]([O-])cc3)[C@H]2SC1. The third kappa shape index (κ3) is 4.65. The van der Waals surface area contributed by atoms with E-state index in [0.717, 1.165) is 9.80 Å². The number of ether oxygens (including phenoxy) is 1. The number of nitrogens with zero attached hydrogens (tertiary/aromatic N) is 2. The van der Waals surface area contributed by atoms with Crippen LogP contribution in [0.25, 0.3) is 0 Å². The fourth-order valence-electron chi connectivity index (χ4n) is 2.84. The van der Waals surface area contributed by atoms with E-state index in [1.807, 2.05) is 0 Å². The van der Waals surface area contributed by atoms with E-state index >= 15 is 0 Å². The van der Waals surface area contributed by atoms with Crippen LogP contribution in [0.15, 0.2) is 40.7 Å². The Bertz CT molecular complexity index is 888. The summed E-state index contributed by atoms with van der Waals surface area (Å²) in [6.45, 7) is 1.01. The highest BCUT2D eigenvalue weighted by atomic mass is 32.2. The Morgan fingerprint density at radius 3 is 2.72 bits per heavy atom. The molecule has 1 aromatic rings. The van der Waals surface area contributed by atoms with Gasteiger partial charge in [-0.15, -0.1) is 23.5 Å². The lowest BCUT2D eigenvalue weighted by atomic mass is 10.0. The standard InChI is InChI=1S/C17H17N3O7S2/c1-9(21)27-6-10-7-29-16-13(15(23)20(16)14(10)17(24)25)18-12(22)8-28-11-2-4-19(26)5-3-11/h2-5,13,16H,6-8H2,1H3,(H,18,22)(H,24,25)/t13-,16-/m1/s1. The first kappa shape index (κ1) is 21.0. The Labute approximate surface area is 173 Å². The van der Waals surface area contributed by atoms with Crippen molar-refractivity contribution < 1.29 is 33.8 Å². The first-order valence-corrected chi connectivity index (χ1v) is 10.5. The molecule has 0 radical (unpaired) electrons. The monoisotopic (exact) mass is 439 g/mol. The van der Waals surface area contributed by atoms with Gasteiger partial charge in [-0.2, -0.15) is 4.73 Å². The van der Waals surface area contributed by atoms with Crippen molar-refractivity contribution in [3.05, 3.63) is 41.0 Å². The van der Waals surface area contributed by atoms with Gasteiger partial charge in [0.2, 0.25) is 5.91 Å². The first-order valence-electron chi connectivity index (χ1n) is 8.42. The fourth-order valence-corrected chi connectivity index (χ4v) is 4.86. The maximum absolute atomic E-state index is 12.5. The van der Waals surface area contributed by atoms with E-state index < -0.39 is 29.3 Å². The lowest BCUT2D eigenvalue weighted by molar-refractivity contribution is -0.605. The molecular formula is C17H17N3O7S2. The van der Waals surface area contributed by atoms with Gasteiger partial charge in [-0.3, -0.25) is 19.3 Å². The molecule has 29 heavy (non-hydrogen) atoms. The van der Waals surface area contributed by atoms with Crippen molar-refractivity contribution in [3.8, 4) is 0 Å². The zero-order valence-corrected chi connectivity index (χ0v) is 16.8. The van der Waals surface area contributed by atoms with Gasteiger partial charge in [-0.1, -0.05) is 0 Å². The Morgan fingerprint density at radius 1 is 1.41 bits per heavy atom. The van der Waals surface area contributed by atoms with Gasteiger partial charge in [0.15, 0.2) is 12.4 Å². The number of carbonyl (C=O) groups excluding carboxylic acids is 3. The number of rotatable bonds is 7. The van der Waals surface area contributed by atoms with E-state index in [1.54, 1.807) is 12.1 Å². The summed E-state index contributed by atoms with van der Waals surface area (Å²) in [4.78, 5) is 49.2. The number of hydrogen-bond acceptors (Lipinski definition) is 8. The highest BCUT2D eigenvalue weighted by Gasteiger charge is 2.54. The second kappa shape index (κ2) is 8.74. The second-order valence-corrected chi connectivity index (χ2v) is 8.33. The summed E-state index contributed by atoms with van der Waals surface area (Å²) in [6, 6.07) is 2.33. The first-order chi connectivity index (χ1) is 13.8. The van der Waals surface area contributed by atoms with Crippen LogP contribution in [0.1, 0.15) is 6.92 Å². The molecule has 154 valence electrons. The third-order valence-corrected chi connectivity index (χ3v) is 6.51. The number of carboxylic acids is 1.